The standard InChI is InChI=1S/C25H27N5O2/c1-15-4-9-22-21(10-15)28-23-19(13-27-29(23)3)14-30(22)25(32)20-8-5-17(11-16(20)2)12-26-24(31)18-6-7-18/h4-5,8-11,13,18,28H,6-7,12,14H2,1-3H3,(H,26,31). The number of carbonyl (C=O) groups excluding carboxylic acids is 2. The van der Waals surface area contributed by atoms with Gasteiger partial charge in [0, 0.05) is 30.6 Å². The van der Waals surface area contributed by atoms with Gasteiger partial charge < -0.3 is 15.5 Å². The van der Waals surface area contributed by atoms with Crippen LogP contribution in [0.4, 0.5) is 17.2 Å². The highest BCUT2D eigenvalue weighted by Gasteiger charge is 2.30. The summed E-state index contributed by atoms with van der Waals surface area (Å²) in [6.07, 6.45) is 3.78. The van der Waals surface area contributed by atoms with Crippen LogP contribution in [0.15, 0.2) is 42.6 Å². The third kappa shape index (κ3) is 3.75. The molecule has 1 aliphatic heterocycles. The predicted octanol–water partition coefficient (Wildman–Crippen LogP) is 3.97. The van der Waals surface area contributed by atoms with Gasteiger partial charge in [-0.25, -0.2) is 0 Å². The van der Waals surface area contributed by atoms with Crippen LogP contribution < -0.4 is 15.5 Å². The van der Waals surface area contributed by atoms with E-state index in [1.165, 1.54) is 0 Å². The van der Waals surface area contributed by atoms with E-state index in [0.29, 0.717) is 18.7 Å². The number of aryl methyl sites for hydroxylation is 3. The quantitative estimate of drug-likeness (QED) is 0.658. The molecule has 7 heteroatoms. The Balaban J connectivity index is 1.44. The Morgan fingerprint density at radius 3 is 2.72 bits per heavy atom. The number of hydrogen-bond acceptors (Lipinski definition) is 4. The van der Waals surface area contributed by atoms with Crippen molar-refractivity contribution in [2.75, 3.05) is 10.2 Å². The largest absolute Gasteiger partial charge is 0.352 e. The summed E-state index contributed by atoms with van der Waals surface area (Å²) in [4.78, 5) is 27.5. The highest BCUT2D eigenvalue weighted by Crippen LogP contribution is 2.37. The van der Waals surface area contributed by atoms with Crippen molar-refractivity contribution in [3.05, 3.63) is 70.4 Å². The van der Waals surface area contributed by atoms with E-state index < -0.39 is 0 Å². The molecule has 2 N–H and O–H groups in total. The van der Waals surface area contributed by atoms with E-state index in [9.17, 15) is 9.59 Å². The summed E-state index contributed by atoms with van der Waals surface area (Å²) < 4.78 is 1.80. The number of rotatable bonds is 4. The van der Waals surface area contributed by atoms with Crippen molar-refractivity contribution >= 4 is 29.0 Å². The van der Waals surface area contributed by atoms with Gasteiger partial charge in [-0.3, -0.25) is 14.3 Å². The third-order valence-electron chi connectivity index (χ3n) is 6.22. The second-order valence-electron chi connectivity index (χ2n) is 8.82. The van der Waals surface area contributed by atoms with E-state index in [-0.39, 0.29) is 17.7 Å². The van der Waals surface area contributed by atoms with Crippen LogP contribution in [0.1, 0.15) is 45.5 Å². The van der Waals surface area contributed by atoms with Crippen molar-refractivity contribution in [2.45, 2.75) is 39.8 Å². The molecule has 164 valence electrons. The lowest BCUT2D eigenvalue weighted by molar-refractivity contribution is -0.122. The lowest BCUT2D eigenvalue weighted by atomic mass is 10.0. The van der Waals surface area contributed by atoms with Crippen molar-refractivity contribution < 1.29 is 9.59 Å². The van der Waals surface area contributed by atoms with E-state index in [0.717, 1.165) is 52.3 Å². The topological polar surface area (TPSA) is 79.3 Å². The molecule has 2 amide bonds. The highest BCUT2D eigenvalue weighted by molar-refractivity contribution is 6.09. The van der Waals surface area contributed by atoms with Gasteiger partial charge in [-0.2, -0.15) is 5.10 Å². The number of anilines is 3. The first-order valence-electron chi connectivity index (χ1n) is 11.0. The Kier molecular flexibility index (Phi) is 4.96. The number of fused-ring (bicyclic) bond motifs is 2. The maximum atomic E-state index is 13.7. The minimum Gasteiger partial charge on any atom is -0.352 e. The third-order valence-corrected chi connectivity index (χ3v) is 6.22. The van der Waals surface area contributed by atoms with Crippen LogP contribution in [-0.2, 0) is 24.9 Å². The molecule has 7 nitrogen and oxygen atoms in total. The van der Waals surface area contributed by atoms with Crippen molar-refractivity contribution in [3.8, 4) is 0 Å². The van der Waals surface area contributed by atoms with Crippen LogP contribution in [0.2, 0.25) is 0 Å². The van der Waals surface area contributed by atoms with E-state index in [1.807, 2.05) is 56.1 Å². The second-order valence-corrected chi connectivity index (χ2v) is 8.82. The van der Waals surface area contributed by atoms with Crippen LogP contribution in [0.25, 0.3) is 0 Å². The van der Waals surface area contributed by atoms with Gasteiger partial charge in [-0.15, -0.1) is 0 Å². The average Bonchev–Trinajstić information content (AvgIpc) is 3.58. The van der Waals surface area contributed by atoms with E-state index in [2.05, 4.69) is 21.8 Å². The number of aromatic nitrogens is 2. The lowest BCUT2D eigenvalue weighted by Crippen LogP contribution is -2.30. The van der Waals surface area contributed by atoms with E-state index in [1.54, 1.807) is 10.9 Å². The number of benzene rings is 2. The molecular weight excluding hydrogens is 402 g/mol. The van der Waals surface area contributed by atoms with Gasteiger partial charge in [-0.1, -0.05) is 18.2 Å². The minimum atomic E-state index is -0.0559. The van der Waals surface area contributed by atoms with Gasteiger partial charge >= 0.3 is 0 Å². The summed E-state index contributed by atoms with van der Waals surface area (Å²) >= 11 is 0. The SMILES string of the molecule is Cc1ccc2c(c1)Nc1c(cnn1C)CN2C(=O)c1ccc(CNC(=O)C2CC2)cc1C. The highest BCUT2D eigenvalue weighted by atomic mass is 16.2. The molecule has 2 heterocycles. The monoisotopic (exact) mass is 429 g/mol. The van der Waals surface area contributed by atoms with Gasteiger partial charge in [0.05, 0.1) is 24.1 Å². The first-order valence-corrected chi connectivity index (χ1v) is 11.0. The lowest BCUT2D eigenvalue weighted by Gasteiger charge is -2.24. The van der Waals surface area contributed by atoms with Gasteiger partial charge in [0.15, 0.2) is 0 Å². The fourth-order valence-electron chi connectivity index (χ4n) is 4.21. The zero-order valence-electron chi connectivity index (χ0n) is 18.6. The second kappa shape index (κ2) is 7.82. The Hall–Kier alpha value is -3.61. The van der Waals surface area contributed by atoms with Gasteiger partial charge in [0.2, 0.25) is 5.91 Å². The maximum Gasteiger partial charge on any atom is 0.258 e. The van der Waals surface area contributed by atoms with Crippen LogP contribution in [0.5, 0.6) is 0 Å². The molecule has 0 saturated heterocycles. The van der Waals surface area contributed by atoms with Crippen LogP contribution in [0, 0.1) is 19.8 Å². The molecule has 1 aromatic heterocycles. The molecular formula is C25H27N5O2. The van der Waals surface area contributed by atoms with Crippen LogP contribution >= 0.6 is 0 Å². The van der Waals surface area contributed by atoms with Crippen molar-refractivity contribution in [3.63, 3.8) is 0 Å². The molecule has 0 atom stereocenters. The molecule has 3 aromatic rings. The zero-order chi connectivity index (χ0) is 22.4. The van der Waals surface area contributed by atoms with Crippen molar-refractivity contribution in [2.24, 2.45) is 13.0 Å². The molecule has 2 aliphatic rings. The first kappa shape index (κ1) is 20.3. The maximum absolute atomic E-state index is 13.7. The van der Waals surface area contributed by atoms with Gasteiger partial charge in [0.1, 0.15) is 5.82 Å². The fourth-order valence-corrected chi connectivity index (χ4v) is 4.21. The predicted molar refractivity (Wildman–Crippen MR) is 124 cm³/mol. The molecule has 0 radical (unpaired) electrons. The Morgan fingerprint density at radius 1 is 1.16 bits per heavy atom. The molecule has 1 aliphatic carbocycles. The number of hydrogen-bond donors (Lipinski definition) is 2. The van der Waals surface area contributed by atoms with Gasteiger partial charge in [0.25, 0.3) is 5.91 Å². The number of amides is 2. The fraction of sp³-hybridized carbons (Fsp3) is 0.320. The molecule has 0 bridgehead atoms. The molecule has 2 aromatic carbocycles. The molecule has 0 unspecified atom stereocenters. The summed E-state index contributed by atoms with van der Waals surface area (Å²) in [6.45, 7) is 4.90. The summed E-state index contributed by atoms with van der Waals surface area (Å²) in [5.74, 6) is 1.15. The zero-order valence-corrected chi connectivity index (χ0v) is 18.6. The molecule has 5 rings (SSSR count). The summed E-state index contributed by atoms with van der Waals surface area (Å²) in [6, 6.07) is 11.8. The smallest absolute Gasteiger partial charge is 0.258 e. The minimum absolute atomic E-state index is 0.0559. The summed E-state index contributed by atoms with van der Waals surface area (Å²) in [5.41, 5.74) is 6.35. The Labute approximate surface area is 187 Å². The van der Waals surface area contributed by atoms with E-state index >= 15 is 0 Å². The summed E-state index contributed by atoms with van der Waals surface area (Å²) in [7, 11) is 1.89. The number of nitrogens with zero attached hydrogens (tertiary/aromatic N) is 3. The molecule has 0 spiro atoms. The molecule has 32 heavy (non-hydrogen) atoms. The summed E-state index contributed by atoms with van der Waals surface area (Å²) in [5, 5.41) is 10.8. The van der Waals surface area contributed by atoms with Crippen LogP contribution in [0.3, 0.4) is 0 Å². The van der Waals surface area contributed by atoms with Crippen molar-refractivity contribution in [1.82, 2.24) is 15.1 Å². The molecule has 1 saturated carbocycles. The van der Waals surface area contributed by atoms with Crippen molar-refractivity contribution in [1.29, 1.82) is 0 Å². The first-order chi connectivity index (χ1) is 15.4. The Morgan fingerprint density at radius 2 is 1.97 bits per heavy atom. The van der Waals surface area contributed by atoms with Gasteiger partial charge in [-0.05, 0) is 61.6 Å². The van der Waals surface area contributed by atoms with E-state index in [4.69, 9.17) is 0 Å². The Bertz CT molecular complexity index is 1230. The average molecular weight is 430 g/mol. The number of nitrogens with one attached hydrogen (secondary N) is 2. The number of carbonyl (C=O) groups is 2. The normalized spacial score (nSPS) is 14.8. The van der Waals surface area contributed by atoms with Crippen LogP contribution in [-0.4, -0.2) is 21.6 Å². The molecule has 1 fully saturated rings.